The maximum absolute atomic E-state index is 12.0. The molecule has 4 aromatic carbocycles. The normalized spacial score (nSPS) is 13.1. The lowest BCUT2D eigenvalue weighted by atomic mass is 9.71. The van der Waals surface area contributed by atoms with E-state index in [9.17, 15) is 10.2 Å². The van der Waals surface area contributed by atoms with E-state index in [0.29, 0.717) is 22.5 Å². The van der Waals surface area contributed by atoms with Crippen molar-refractivity contribution in [1.82, 2.24) is 30.0 Å². The highest BCUT2D eigenvalue weighted by Crippen LogP contribution is 2.44. The van der Waals surface area contributed by atoms with E-state index < -0.39 is 0 Å². The van der Waals surface area contributed by atoms with Gasteiger partial charge in [0.15, 0.2) is 0 Å². The van der Waals surface area contributed by atoms with E-state index in [4.69, 9.17) is 20.4 Å². The molecule has 0 aliphatic carbocycles. The highest BCUT2D eigenvalue weighted by atomic mass is 16.3. The molecular weight excluding hydrogens is 608 g/mol. The minimum atomic E-state index is -0.251. The number of nitrogens with zero attached hydrogens (tertiary/aromatic N) is 6. The molecule has 6 rings (SSSR count). The summed E-state index contributed by atoms with van der Waals surface area (Å²) in [6, 6.07) is 23.4. The van der Waals surface area contributed by atoms with Crippen LogP contribution in [0.25, 0.3) is 33.4 Å². The monoisotopic (exact) mass is 657 g/mol. The van der Waals surface area contributed by atoms with Gasteiger partial charge in [-0.15, -0.1) is 30.0 Å². The minimum Gasteiger partial charge on any atom is -0.505 e. The number of fused-ring (bicyclic) bond motifs is 2. The van der Waals surface area contributed by atoms with Crippen LogP contribution in [0.4, 0.5) is 0 Å². The van der Waals surface area contributed by atoms with Crippen molar-refractivity contribution in [2.24, 2.45) is 10.8 Å². The summed E-state index contributed by atoms with van der Waals surface area (Å²) in [7, 11) is 0. The van der Waals surface area contributed by atoms with E-state index in [-0.39, 0.29) is 33.2 Å². The third-order valence-corrected chi connectivity index (χ3v) is 9.06. The fourth-order valence-electron chi connectivity index (χ4n) is 7.55. The van der Waals surface area contributed by atoms with Crippen LogP contribution in [0, 0.1) is 17.3 Å². The van der Waals surface area contributed by atoms with Gasteiger partial charge in [0.05, 0.1) is 0 Å². The predicted octanol–water partition coefficient (Wildman–Crippen LogP) is 9.59. The van der Waals surface area contributed by atoms with E-state index in [0.717, 1.165) is 46.0 Å². The summed E-state index contributed by atoms with van der Waals surface area (Å²) in [6.45, 7) is 22.3. The van der Waals surface area contributed by atoms with Gasteiger partial charge >= 0.3 is 0 Å². The molecule has 0 atom stereocenters. The Balaban J connectivity index is 1.55. The second kappa shape index (κ2) is 12.0. The fourth-order valence-corrected chi connectivity index (χ4v) is 7.55. The van der Waals surface area contributed by atoms with E-state index in [1.165, 1.54) is 9.59 Å². The average molecular weight is 658 g/mol. The molecule has 6 aromatic rings. The van der Waals surface area contributed by atoms with Gasteiger partial charge in [0.1, 0.15) is 44.9 Å². The minimum absolute atomic E-state index is 0.0267. The Bertz CT molecular complexity index is 1940. The Morgan fingerprint density at radius 2 is 0.816 bits per heavy atom. The first-order valence-electron chi connectivity index (χ1n) is 17.0. The predicted molar refractivity (Wildman–Crippen MR) is 198 cm³/mol. The number of hydrogen-bond donors (Lipinski definition) is 2. The molecule has 0 unspecified atom stereocenters. The number of aromatic hydroxyl groups is 2. The summed E-state index contributed by atoms with van der Waals surface area (Å²) < 4.78 is 0. The van der Waals surface area contributed by atoms with E-state index in [2.05, 4.69) is 69.2 Å². The summed E-state index contributed by atoms with van der Waals surface area (Å²) in [5, 5.41) is 42.8. The van der Waals surface area contributed by atoms with Crippen molar-refractivity contribution in [1.29, 1.82) is 0 Å². The summed E-state index contributed by atoms with van der Waals surface area (Å²) in [5.41, 5.74) is 6.71. The largest absolute Gasteiger partial charge is 0.505 e. The molecule has 0 spiro atoms. The van der Waals surface area contributed by atoms with Crippen molar-refractivity contribution in [2.75, 3.05) is 0 Å². The molecular formula is C41H49N6O2. The zero-order chi connectivity index (χ0) is 35.5. The van der Waals surface area contributed by atoms with Crippen LogP contribution in [0.3, 0.4) is 0 Å². The van der Waals surface area contributed by atoms with Gasteiger partial charge < -0.3 is 10.2 Å². The third-order valence-electron chi connectivity index (χ3n) is 9.06. The summed E-state index contributed by atoms with van der Waals surface area (Å²) in [4.78, 5) is 3.03. The smallest absolute Gasteiger partial charge is 0.146 e. The Kier molecular flexibility index (Phi) is 8.37. The highest BCUT2D eigenvalue weighted by molar-refractivity contribution is 5.75. The standard InChI is InChI=1S/C41H49N6O2/c1-38(2,3)24-40(7,8)28-20-26(36(48)34(22-28)46-42-30-15-11-12-16-31(30)43-46)19-27-21-29(41(9,10)25-39(4,5)6)23-35(37(27)49)47-44-32-17-13-14-18-33(32)45-47/h11-23,48-49H,24-25H2,1-10H3. The molecule has 0 bridgehead atoms. The zero-order valence-corrected chi connectivity index (χ0v) is 30.5. The number of benzene rings is 4. The molecule has 0 amide bonds. The Hall–Kier alpha value is -4.72. The van der Waals surface area contributed by atoms with E-state index >= 15 is 0 Å². The van der Waals surface area contributed by atoms with Crippen molar-refractivity contribution in [3.05, 3.63) is 101 Å². The quantitative estimate of drug-likeness (QED) is 0.169. The van der Waals surface area contributed by atoms with Crippen LogP contribution in [-0.2, 0) is 10.8 Å². The number of hydrogen-bond acceptors (Lipinski definition) is 6. The van der Waals surface area contributed by atoms with E-state index in [1.54, 1.807) is 0 Å². The molecule has 255 valence electrons. The molecule has 2 aromatic heterocycles. The molecule has 2 N–H and O–H groups in total. The highest BCUT2D eigenvalue weighted by Gasteiger charge is 2.32. The van der Waals surface area contributed by atoms with Crippen LogP contribution < -0.4 is 0 Å². The second-order valence-corrected chi connectivity index (χ2v) is 17.2. The Labute approximate surface area is 289 Å². The van der Waals surface area contributed by atoms with Gasteiger partial charge in [0.25, 0.3) is 0 Å². The summed E-state index contributed by atoms with van der Waals surface area (Å²) >= 11 is 0. The number of rotatable bonds is 8. The van der Waals surface area contributed by atoms with E-state index in [1.807, 2.05) is 79.2 Å². The molecule has 49 heavy (non-hydrogen) atoms. The topological polar surface area (TPSA) is 102 Å². The Morgan fingerprint density at radius 1 is 0.510 bits per heavy atom. The first-order valence-corrected chi connectivity index (χ1v) is 17.0. The second-order valence-electron chi connectivity index (χ2n) is 17.2. The molecule has 2 heterocycles. The molecule has 0 aliphatic rings. The lowest BCUT2D eigenvalue weighted by Crippen LogP contribution is -2.25. The SMILES string of the molecule is CC(C)(C)CC(C)(C)c1cc([CH]c2cc(C(C)(C)CC(C)(C)C)cc(-n3nc4ccccc4n3)c2O)c(O)c(-n2nc3ccccc3n2)c1. The van der Waals surface area contributed by atoms with Crippen LogP contribution in [0.15, 0.2) is 72.8 Å². The van der Waals surface area contributed by atoms with Gasteiger partial charge in [0.2, 0.25) is 0 Å². The number of phenolic OH excluding ortho intramolecular Hbond substituents is 2. The molecule has 8 nitrogen and oxygen atoms in total. The first-order chi connectivity index (χ1) is 22.8. The lowest BCUT2D eigenvalue weighted by molar-refractivity contribution is 0.283. The maximum Gasteiger partial charge on any atom is 0.146 e. The van der Waals surface area contributed by atoms with Crippen molar-refractivity contribution >= 4 is 22.1 Å². The van der Waals surface area contributed by atoms with Gasteiger partial charge in [-0.1, -0.05) is 106 Å². The van der Waals surface area contributed by atoms with Gasteiger partial charge in [-0.2, -0.15) is 0 Å². The van der Waals surface area contributed by atoms with Crippen LogP contribution in [-0.4, -0.2) is 40.2 Å². The zero-order valence-electron chi connectivity index (χ0n) is 30.5. The third kappa shape index (κ3) is 7.19. The molecule has 1 radical (unpaired) electrons. The molecule has 0 saturated carbocycles. The fraction of sp³-hybridized carbons (Fsp3) is 0.390. The molecule has 8 heteroatoms. The van der Waals surface area contributed by atoms with Crippen molar-refractivity contribution in [2.45, 2.75) is 92.9 Å². The van der Waals surface area contributed by atoms with Crippen LogP contribution >= 0.6 is 0 Å². The first kappa shape index (κ1) is 34.2. The molecule has 0 fully saturated rings. The van der Waals surface area contributed by atoms with Gasteiger partial charge in [-0.05, 0) is 82.0 Å². The maximum atomic E-state index is 12.0. The number of phenols is 2. The van der Waals surface area contributed by atoms with Crippen molar-refractivity contribution in [3.63, 3.8) is 0 Å². The van der Waals surface area contributed by atoms with Crippen molar-refractivity contribution in [3.8, 4) is 22.9 Å². The van der Waals surface area contributed by atoms with Gasteiger partial charge in [-0.25, -0.2) is 0 Å². The van der Waals surface area contributed by atoms with Crippen molar-refractivity contribution < 1.29 is 10.2 Å². The Morgan fingerprint density at radius 3 is 1.10 bits per heavy atom. The lowest BCUT2D eigenvalue weighted by Gasteiger charge is -2.34. The van der Waals surface area contributed by atoms with Crippen LogP contribution in [0.1, 0.15) is 104 Å². The van der Waals surface area contributed by atoms with Gasteiger partial charge in [0, 0.05) is 17.5 Å². The number of aromatic nitrogens is 6. The van der Waals surface area contributed by atoms with Gasteiger partial charge in [-0.3, -0.25) is 0 Å². The molecule has 0 saturated heterocycles. The summed E-state index contributed by atoms with van der Waals surface area (Å²) in [5.74, 6) is 0.0535. The van der Waals surface area contributed by atoms with Crippen LogP contribution in [0.2, 0.25) is 0 Å². The molecule has 0 aliphatic heterocycles. The average Bonchev–Trinajstić information content (AvgIpc) is 3.61. The van der Waals surface area contributed by atoms with Crippen LogP contribution in [0.5, 0.6) is 11.5 Å². The summed E-state index contributed by atoms with van der Waals surface area (Å²) in [6.07, 6.45) is 3.67.